The van der Waals surface area contributed by atoms with E-state index in [0.717, 1.165) is 65.6 Å². The molecule has 2 aliphatic rings. The van der Waals surface area contributed by atoms with Gasteiger partial charge in [0.25, 0.3) is 0 Å². The highest BCUT2D eigenvalue weighted by molar-refractivity contribution is 7.16. The number of anilines is 2. The Morgan fingerprint density at radius 1 is 1.02 bits per heavy atom. The number of nitrogens with zero attached hydrogens (tertiary/aromatic N) is 6. The molecule has 0 spiro atoms. The molecule has 226 valence electrons. The summed E-state index contributed by atoms with van der Waals surface area (Å²) in [6, 6.07) is 8.77. The highest BCUT2D eigenvalue weighted by atomic mass is 32.1. The van der Waals surface area contributed by atoms with Crippen molar-refractivity contribution in [1.29, 1.82) is 0 Å². The number of aromatic nitrogens is 2. The van der Waals surface area contributed by atoms with Gasteiger partial charge in [-0.25, -0.2) is 14.8 Å². The molecule has 11 heteroatoms. The molecule has 0 bridgehead atoms. The fourth-order valence-electron chi connectivity index (χ4n) is 5.93. The molecular formula is C31H43N7O3S. The summed E-state index contributed by atoms with van der Waals surface area (Å²) in [5, 5.41) is 6.32. The number of amides is 2. The lowest BCUT2D eigenvalue weighted by Crippen LogP contribution is -2.58. The number of aryl methyl sites for hydroxylation is 1. The number of rotatable bonds is 6. The van der Waals surface area contributed by atoms with Crippen molar-refractivity contribution < 1.29 is 14.3 Å². The molecule has 1 aromatic carbocycles. The highest BCUT2D eigenvalue weighted by Gasteiger charge is 2.32. The van der Waals surface area contributed by atoms with Crippen molar-refractivity contribution in [2.75, 3.05) is 56.0 Å². The molecule has 2 unspecified atom stereocenters. The Kier molecular flexibility index (Phi) is 9.00. The summed E-state index contributed by atoms with van der Waals surface area (Å²) in [4.78, 5) is 44.3. The van der Waals surface area contributed by atoms with E-state index in [1.165, 1.54) is 0 Å². The van der Waals surface area contributed by atoms with Gasteiger partial charge < -0.3 is 19.9 Å². The molecule has 42 heavy (non-hydrogen) atoms. The zero-order valence-corrected chi connectivity index (χ0v) is 26.4. The van der Waals surface area contributed by atoms with Crippen LogP contribution in [0.15, 0.2) is 36.0 Å². The highest BCUT2D eigenvalue weighted by Crippen LogP contribution is 2.31. The smallest absolute Gasteiger partial charge is 0.410 e. The predicted octanol–water partition coefficient (Wildman–Crippen LogP) is 4.59. The minimum absolute atomic E-state index is 0.00339. The Morgan fingerprint density at radius 3 is 2.43 bits per heavy atom. The van der Waals surface area contributed by atoms with E-state index in [2.05, 4.69) is 73.5 Å². The summed E-state index contributed by atoms with van der Waals surface area (Å²) in [5.74, 6) is 0.973. The minimum Gasteiger partial charge on any atom is -0.444 e. The van der Waals surface area contributed by atoms with Gasteiger partial charge >= 0.3 is 6.09 Å². The minimum atomic E-state index is -0.490. The lowest BCUT2D eigenvalue weighted by Gasteiger charge is -2.45. The molecule has 2 fully saturated rings. The fraction of sp³-hybridized carbons (Fsp3) is 0.548. The van der Waals surface area contributed by atoms with Gasteiger partial charge in [0.05, 0.1) is 11.9 Å². The summed E-state index contributed by atoms with van der Waals surface area (Å²) >= 11 is 1.63. The number of carbonyl (C=O) groups is 2. The van der Waals surface area contributed by atoms with Crippen LogP contribution < -0.4 is 10.2 Å². The number of hydrogen-bond acceptors (Lipinski definition) is 9. The van der Waals surface area contributed by atoms with Crippen LogP contribution >= 0.6 is 11.3 Å². The van der Waals surface area contributed by atoms with E-state index in [1.807, 2.05) is 27.7 Å². The third-order valence-electron chi connectivity index (χ3n) is 7.85. The summed E-state index contributed by atoms with van der Waals surface area (Å²) in [6.07, 6.45) is 1.40. The summed E-state index contributed by atoms with van der Waals surface area (Å²) < 4.78 is 5.52. The van der Waals surface area contributed by atoms with E-state index in [-0.39, 0.29) is 24.1 Å². The Labute approximate surface area is 252 Å². The van der Waals surface area contributed by atoms with Gasteiger partial charge in [-0.3, -0.25) is 14.6 Å². The van der Waals surface area contributed by atoms with Gasteiger partial charge in [-0.05, 0) is 70.2 Å². The molecule has 2 atom stereocenters. The predicted molar refractivity (Wildman–Crippen MR) is 168 cm³/mol. The van der Waals surface area contributed by atoms with E-state index in [9.17, 15) is 9.59 Å². The van der Waals surface area contributed by atoms with Crippen LogP contribution in [0.5, 0.6) is 0 Å². The molecule has 0 radical (unpaired) electrons. The molecule has 2 saturated heterocycles. The van der Waals surface area contributed by atoms with Crippen molar-refractivity contribution in [3.63, 3.8) is 0 Å². The number of ether oxygens (including phenoxy) is 1. The van der Waals surface area contributed by atoms with Crippen LogP contribution in [0.1, 0.15) is 45.7 Å². The first kappa shape index (κ1) is 30.2. The van der Waals surface area contributed by atoms with Crippen molar-refractivity contribution >= 4 is 45.1 Å². The molecule has 10 nitrogen and oxygen atoms in total. The van der Waals surface area contributed by atoms with Crippen molar-refractivity contribution in [2.24, 2.45) is 0 Å². The summed E-state index contributed by atoms with van der Waals surface area (Å²) in [7, 11) is 0. The van der Waals surface area contributed by atoms with Crippen LogP contribution in [0.3, 0.4) is 0 Å². The molecule has 4 heterocycles. The number of fused-ring (bicyclic) bond motifs is 1. The van der Waals surface area contributed by atoms with E-state index in [0.29, 0.717) is 19.6 Å². The monoisotopic (exact) mass is 593 g/mol. The van der Waals surface area contributed by atoms with Gasteiger partial charge in [-0.1, -0.05) is 12.1 Å². The average Bonchev–Trinajstić information content (AvgIpc) is 3.39. The molecule has 1 N–H and O–H groups in total. The summed E-state index contributed by atoms with van der Waals surface area (Å²) in [6.45, 7) is 17.6. The maximum atomic E-state index is 13.2. The van der Waals surface area contributed by atoms with E-state index in [4.69, 9.17) is 4.74 Å². The number of benzene rings is 1. The molecule has 0 saturated carbocycles. The van der Waals surface area contributed by atoms with Crippen LogP contribution in [-0.4, -0.2) is 100 Å². The lowest BCUT2D eigenvalue weighted by atomic mass is 10.1. The number of carbonyl (C=O) groups excluding carboxylic acids is 2. The van der Waals surface area contributed by atoms with Crippen molar-refractivity contribution in [1.82, 2.24) is 24.7 Å². The second-order valence-electron chi connectivity index (χ2n) is 12.6. The van der Waals surface area contributed by atoms with Crippen molar-refractivity contribution in [3.05, 3.63) is 47.1 Å². The number of hydrogen-bond donors (Lipinski definition) is 1. The van der Waals surface area contributed by atoms with Crippen LogP contribution in [0.2, 0.25) is 0 Å². The maximum absolute atomic E-state index is 13.2. The normalized spacial score (nSPS) is 20.6. The van der Waals surface area contributed by atoms with Crippen LogP contribution in [0.4, 0.5) is 16.3 Å². The SMILES string of the molecule is Cc1ccc(CN2CCN(C(=O)OC(C)(C)C)CC2)cc1NC(=O)CN1CC(C)N(c2ncnc3sccc23)C(C)C1. The van der Waals surface area contributed by atoms with Crippen LogP contribution in [0, 0.1) is 6.92 Å². The molecule has 0 aliphatic carbocycles. The van der Waals surface area contributed by atoms with Crippen molar-refractivity contribution in [3.8, 4) is 0 Å². The number of piperazine rings is 2. The first-order valence-electron chi connectivity index (χ1n) is 14.8. The molecule has 2 aliphatic heterocycles. The fourth-order valence-corrected chi connectivity index (χ4v) is 6.66. The first-order valence-corrected chi connectivity index (χ1v) is 15.6. The second-order valence-corrected chi connectivity index (χ2v) is 13.5. The lowest BCUT2D eigenvalue weighted by molar-refractivity contribution is -0.117. The topological polar surface area (TPSA) is 94.1 Å². The zero-order chi connectivity index (χ0) is 30.0. The zero-order valence-electron chi connectivity index (χ0n) is 25.6. The van der Waals surface area contributed by atoms with E-state index < -0.39 is 5.60 Å². The molecule has 3 aromatic rings. The Morgan fingerprint density at radius 2 is 1.74 bits per heavy atom. The number of thiophene rings is 1. The quantitative estimate of drug-likeness (QED) is 0.444. The van der Waals surface area contributed by atoms with E-state index >= 15 is 0 Å². The van der Waals surface area contributed by atoms with Gasteiger partial charge in [0.2, 0.25) is 5.91 Å². The van der Waals surface area contributed by atoms with E-state index in [1.54, 1.807) is 22.6 Å². The first-order chi connectivity index (χ1) is 20.0. The maximum Gasteiger partial charge on any atom is 0.410 e. The Hall–Kier alpha value is -3.28. The van der Waals surface area contributed by atoms with Gasteiger partial charge in [0, 0.05) is 63.6 Å². The van der Waals surface area contributed by atoms with Gasteiger partial charge in [0.1, 0.15) is 22.6 Å². The standard InChI is InChI=1S/C31H43N7O3S/c1-21-7-8-24(18-35-10-12-37(13-11-35)30(40)41-31(4,5)6)15-26(21)34-27(39)19-36-16-22(2)38(23(3)17-36)28-25-9-14-42-29(25)33-20-32-28/h7-9,14-15,20,22-23H,10-13,16-19H2,1-6H3,(H,34,39). The third-order valence-corrected chi connectivity index (χ3v) is 8.67. The van der Waals surface area contributed by atoms with Crippen LogP contribution in [0.25, 0.3) is 10.2 Å². The average molecular weight is 594 g/mol. The summed E-state index contributed by atoms with van der Waals surface area (Å²) in [5.41, 5.74) is 2.54. The largest absolute Gasteiger partial charge is 0.444 e. The second kappa shape index (κ2) is 12.5. The third kappa shape index (κ3) is 7.19. The number of nitrogens with one attached hydrogen (secondary N) is 1. The van der Waals surface area contributed by atoms with Crippen molar-refractivity contribution in [2.45, 2.75) is 65.8 Å². The van der Waals surface area contributed by atoms with Gasteiger partial charge in [0.15, 0.2) is 0 Å². The molecule has 2 amide bonds. The van der Waals surface area contributed by atoms with Gasteiger partial charge in [-0.15, -0.1) is 11.3 Å². The van der Waals surface area contributed by atoms with Gasteiger partial charge in [-0.2, -0.15) is 0 Å². The molecule has 5 rings (SSSR count). The molecular weight excluding hydrogens is 550 g/mol. The molecule has 2 aromatic heterocycles. The van der Waals surface area contributed by atoms with Crippen LogP contribution in [-0.2, 0) is 16.1 Å². The Balaban J connectivity index is 1.14. The Bertz CT molecular complexity index is 1400.